The first-order valence-electron chi connectivity index (χ1n) is 7.30. The van der Waals surface area contributed by atoms with Crippen molar-refractivity contribution < 1.29 is 9.21 Å². The number of hydrogen-bond donors (Lipinski definition) is 1. The number of nitrogens with one attached hydrogen (secondary N) is 1. The summed E-state index contributed by atoms with van der Waals surface area (Å²) in [7, 11) is 0. The minimum absolute atomic E-state index is 0.0598. The number of hydrogen-bond acceptors (Lipinski definition) is 3. The second kappa shape index (κ2) is 5.37. The maximum atomic E-state index is 12.3. The van der Waals surface area contributed by atoms with Crippen molar-refractivity contribution in [2.45, 2.75) is 26.2 Å². The minimum Gasteiger partial charge on any atom is -0.456 e. The van der Waals surface area contributed by atoms with E-state index in [1.165, 1.54) is 12.8 Å². The van der Waals surface area contributed by atoms with E-state index < -0.39 is 0 Å². The average Bonchev–Trinajstić information content (AvgIpc) is 3.08. The number of piperidine rings is 1. The zero-order valence-electron chi connectivity index (χ0n) is 11.5. The van der Waals surface area contributed by atoms with E-state index in [2.05, 4.69) is 5.32 Å². The van der Waals surface area contributed by atoms with E-state index in [-0.39, 0.29) is 5.91 Å². The lowest BCUT2D eigenvalue weighted by Crippen LogP contribution is -2.34. The molecule has 4 heteroatoms. The summed E-state index contributed by atoms with van der Waals surface area (Å²) in [5, 5.41) is 3.41. The van der Waals surface area contributed by atoms with Gasteiger partial charge in [0, 0.05) is 13.1 Å². The molecule has 3 heterocycles. The van der Waals surface area contributed by atoms with Gasteiger partial charge in [-0.15, -0.1) is 0 Å². The van der Waals surface area contributed by atoms with Crippen LogP contribution in [0.2, 0.25) is 0 Å². The Morgan fingerprint density at radius 3 is 2.74 bits per heavy atom. The van der Waals surface area contributed by atoms with Crippen LogP contribution >= 0.6 is 0 Å². The molecule has 0 aliphatic carbocycles. The summed E-state index contributed by atoms with van der Waals surface area (Å²) in [6.07, 6.45) is 3.66. The molecule has 1 amide bonds. The van der Waals surface area contributed by atoms with Gasteiger partial charge in [-0.1, -0.05) is 0 Å². The largest absolute Gasteiger partial charge is 0.456 e. The Morgan fingerprint density at radius 2 is 2.05 bits per heavy atom. The number of furan rings is 1. The third-order valence-electron chi connectivity index (χ3n) is 4.51. The van der Waals surface area contributed by atoms with Gasteiger partial charge in [-0.2, -0.15) is 0 Å². The first-order valence-corrected chi connectivity index (χ1v) is 7.30. The summed E-state index contributed by atoms with van der Waals surface area (Å²) < 4.78 is 5.44. The highest BCUT2D eigenvalue weighted by Gasteiger charge is 2.33. The summed E-state index contributed by atoms with van der Waals surface area (Å²) in [6, 6.07) is 3.64. The van der Waals surface area contributed by atoms with E-state index in [9.17, 15) is 4.79 Å². The van der Waals surface area contributed by atoms with Gasteiger partial charge in [0.05, 0.1) is 0 Å². The molecule has 1 aromatic heterocycles. The molecule has 0 aromatic carbocycles. The average molecular weight is 262 g/mol. The summed E-state index contributed by atoms with van der Waals surface area (Å²) in [5.41, 5.74) is 0. The molecule has 4 nitrogen and oxygen atoms in total. The number of nitrogens with zero attached hydrogens (tertiary/aromatic N) is 1. The Kier molecular flexibility index (Phi) is 3.60. The number of rotatable bonds is 2. The summed E-state index contributed by atoms with van der Waals surface area (Å²) in [5.74, 6) is 2.82. The van der Waals surface area contributed by atoms with Crippen LogP contribution in [0.25, 0.3) is 0 Å². The summed E-state index contributed by atoms with van der Waals surface area (Å²) >= 11 is 0. The number of aryl methyl sites for hydroxylation is 1. The molecule has 0 saturated carbocycles. The van der Waals surface area contributed by atoms with Gasteiger partial charge >= 0.3 is 0 Å². The van der Waals surface area contributed by atoms with Crippen molar-refractivity contribution in [3.63, 3.8) is 0 Å². The maximum Gasteiger partial charge on any atom is 0.289 e. The van der Waals surface area contributed by atoms with Crippen LogP contribution in [0, 0.1) is 18.8 Å². The third kappa shape index (κ3) is 2.68. The van der Waals surface area contributed by atoms with Crippen LogP contribution in [-0.2, 0) is 0 Å². The number of carbonyl (C=O) groups is 1. The van der Waals surface area contributed by atoms with Crippen LogP contribution in [-0.4, -0.2) is 37.0 Å². The molecule has 0 radical (unpaired) electrons. The molecule has 2 fully saturated rings. The number of likely N-dealkylation sites (tertiary alicyclic amines) is 1. The lowest BCUT2D eigenvalue weighted by atomic mass is 9.84. The monoisotopic (exact) mass is 262 g/mol. The first-order chi connectivity index (χ1) is 9.24. The minimum atomic E-state index is 0.0598. The molecule has 0 bridgehead atoms. The molecule has 1 aromatic rings. The van der Waals surface area contributed by atoms with Gasteiger partial charge in [0.2, 0.25) is 0 Å². The fourth-order valence-corrected chi connectivity index (χ4v) is 3.38. The quantitative estimate of drug-likeness (QED) is 0.887. The van der Waals surface area contributed by atoms with Gasteiger partial charge in [-0.25, -0.2) is 0 Å². The number of amides is 1. The van der Waals surface area contributed by atoms with Gasteiger partial charge in [0.25, 0.3) is 5.91 Å². The van der Waals surface area contributed by atoms with Crippen molar-refractivity contribution in [2.75, 3.05) is 26.2 Å². The first kappa shape index (κ1) is 12.7. The highest BCUT2D eigenvalue weighted by atomic mass is 16.3. The normalized spacial score (nSPS) is 24.9. The molecule has 3 rings (SSSR count). The zero-order chi connectivity index (χ0) is 13.2. The van der Waals surface area contributed by atoms with Gasteiger partial charge in [0.1, 0.15) is 5.76 Å². The Hall–Kier alpha value is -1.29. The smallest absolute Gasteiger partial charge is 0.289 e. The van der Waals surface area contributed by atoms with Crippen LogP contribution in [0.1, 0.15) is 35.6 Å². The lowest BCUT2D eigenvalue weighted by Gasteiger charge is -2.28. The molecule has 1 N–H and O–H groups in total. The second-order valence-electron chi connectivity index (χ2n) is 5.80. The van der Waals surface area contributed by atoms with Gasteiger partial charge in [-0.3, -0.25) is 4.79 Å². The molecular formula is C15H22N2O2. The zero-order valence-corrected chi connectivity index (χ0v) is 11.5. The molecule has 2 aliphatic heterocycles. The molecule has 2 aliphatic rings. The standard InChI is InChI=1S/C15H22N2O2/c1-11-2-3-14(19-11)15(18)17-9-6-13(10-17)12-4-7-16-8-5-12/h2-3,12-13,16H,4-10H2,1H3. The number of carbonyl (C=O) groups excluding carboxylic acids is 1. The van der Waals surface area contributed by atoms with Gasteiger partial charge in [0.15, 0.2) is 5.76 Å². The van der Waals surface area contributed by atoms with Crippen molar-refractivity contribution in [3.8, 4) is 0 Å². The van der Waals surface area contributed by atoms with Crippen LogP contribution in [0.4, 0.5) is 0 Å². The molecule has 1 atom stereocenters. The molecule has 19 heavy (non-hydrogen) atoms. The van der Waals surface area contributed by atoms with Crippen molar-refractivity contribution in [1.82, 2.24) is 10.2 Å². The molecule has 1 unspecified atom stereocenters. The Labute approximate surface area is 114 Å². The van der Waals surface area contributed by atoms with Crippen LogP contribution in [0.3, 0.4) is 0 Å². The van der Waals surface area contributed by atoms with Crippen LogP contribution in [0.5, 0.6) is 0 Å². The van der Waals surface area contributed by atoms with E-state index >= 15 is 0 Å². The van der Waals surface area contributed by atoms with Gasteiger partial charge in [-0.05, 0) is 63.2 Å². The highest BCUT2D eigenvalue weighted by Crippen LogP contribution is 2.30. The Bertz CT molecular complexity index is 449. The molecule has 104 valence electrons. The van der Waals surface area contributed by atoms with Crippen molar-refractivity contribution >= 4 is 5.91 Å². The predicted octanol–water partition coefficient (Wildman–Crippen LogP) is 2.05. The fourth-order valence-electron chi connectivity index (χ4n) is 3.38. The fraction of sp³-hybridized carbons (Fsp3) is 0.667. The SMILES string of the molecule is Cc1ccc(C(=O)N2CCC(C3CCNCC3)C2)o1. The second-order valence-corrected chi connectivity index (χ2v) is 5.80. The van der Waals surface area contributed by atoms with Gasteiger partial charge < -0.3 is 14.6 Å². The van der Waals surface area contributed by atoms with E-state index in [0.29, 0.717) is 11.7 Å². The van der Waals surface area contributed by atoms with Crippen molar-refractivity contribution in [1.29, 1.82) is 0 Å². The van der Waals surface area contributed by atoms with E-state index in [1.807, 2.05) is 17.9 Å². The van der Waals surface area contributed by atoms with E-state index in [0.717, 1.165) is 44.3 Å². The molecule has 2 saturated heterocycles. The van der Waals surface area contributed by atoms with Crippen LogP contribution < -0.4 is 5.32 Å². The maximum absolute atomic E-state index is 12.3. The van der Waals surface area contributed by atoms with Crippen molar-refractivity contribution in [2.24, 2.45) is 11.8 Å². The summed E-state index contributed by atoms with van der Waals surface area (Å²) in [4.78, 5) is 14.3. The predicted molar refractivity (Wildman–Crippen MR) is 73.0 cm³/mol. The van der Waals surface area contributed by atoms with E-state index in [4.69, 9.17) is 4.42 Å². The lowest BCUT2D eigenvalue weighted by molar-refractivity contribution is 0.0747. The summed E-state index contributed by atoms with van der Waals surface area (Å²) in [6.45, 7) is 5.92. The topological polar surface area (TPSA) is 45.5 Å². The van der Waals surface area contributed by atoms with Crippen molar-refractivity contribution in [3.05, 3.63) is 23.7 Å². The van der Waals surface area contributed by atoms with E-state index in [1.54, 1.807) is 6.07 Å². The highest BCUT2D eigenvalue weighted by molar-refractivity contribution is 5.91. The Morgan fingerprint density at radius 1 is 1.26 bits per heavy atom. The molecule has 0 spiro atoms. The third-order valence-corrected chi connectivity index (χ3v) is 4.51. The Balaban J connectivity index is 1.60. The van der Waals surface area contributed by atoms with Crippen LogP contribution in [0.15, 0.2) is 16.5 Å². The molecular weight excluding hydrogens is 240 g/mol.